The maximum atomic E-state index is 5.58. The van der Waals surface area contributed by atoms with E-state index in [0.717, 1.165) is 15.2 Å². The van der Waals surface area contributed by atoms with Gasteiger partial charge in [0.1, 0.15) is 23.2 Å². The summed E-state index contributed by atoms with van der Waals surface area (Å²) in [7, 11) is 0. The second-order valence-corrected chi connectivity index (χ2v) is 4.68. The predicted octanol–water partition coefficient (Wildman–Crippen LogP) is 3.07. The minimum absolute atomic E-state index is 0.449. The lowest BCUT2D eigenvalue weighted by atomic mass is 10.3. The van der Waals surface area contributed by atoms with Crippen molar-refractivity contribution in [3.05, 3.63) is 39.1 Å². The summed E-state index contributed by atoms with van der Waals surface area (Å²) in [6.45, 7) is 0.449. The molecule has 2 aromatic rings. The van der Waals surface area contributed by atoms with Crippen LogP contribution in [0.25, 0.3) is 0 Å². The Morgan fingerprint density at radius 3 is 2.87 bits per heavy atom. The van der Waals surface area contributed by atoms with Crippen LogP contribution in [0, 0.1) is 0 Å². The third kappa shape index (κ3) is 2.70. The van der Waals surface area contributed by atoms with Gasteiger partial charge in [0.2, 0.25) is 0 Å². The highest BCUT2D eigenvalue weighted by Gasteiger charge is 2.02. The van der Waals surface area contributed by atoms with Crippen LogP contribution in [-0.2, 0) is 6.61 Å². The smallest absolute Gasteiger partial charge is 0.140 e. The summed E-state index contributed by atoms with van der Waals surface area (Å²) < 4.78 is 6.52. The van der Waals surface area contributed by atoms with Crippen LogP contribution in [-0.4, -0.2) is 4.98 Å². The Kier molecular flexibility index (Phi) is 3.23. The van der Waals surface area contributed by atoms with Gasteiger partial charge in [-0.3, -0.25) is 0 Å². The zero-order valence-corrected chi connectivity index (χ0v) is 10.2. The molecule has 2 rings (SSSR count). The Morgan fingerprint density at radius 2 is 2.20 bits per heavy atom. The Morgan fingerprint density at radius 1 is 1.40 bits per heavy atom. The van der Waals surface area contributed by atoms with Crippen LogP contribution >= 0.6 is 27.3 Å². The summed E-state index contributed by atoms with van der Waals surface area (Å²) >= 11 is 4.91. The summed E-state index contributed by atoms with van der Waals surface area (Å²) in [5.74, 6) is 1.36. The highest BCUT2D eigenvalue weighted by Crippen LogP contribution is 2.25. The maximum absolute atomic E-state index is 5.58. The molecule has 0 saturated carbocycles. The van der Waals surface area contributed by atoms with Crippen LogP contribution in [0.3, 0.4) is 0 Å². The number of hydrogen-bond donors (Lipinski definition) is 1. The number of thiazole rings is 1. The van der Waals surface area contributed by atoms with Crippen molar-refractivity contribution in [1.82, 2.24) is 4.98 Å². The lowest BCUT2D eigenvalue weighted by Gasteiger charge is -2.05. The first-order valence-electron chi connectivity index (χ1n) is 4.33. The van der Waals surface area contributed by atoms with Crippen molar-refractivity contribution >= 4 is 33.1 Å². The number of para-hydroxylation sites is 1. The van der Waals surface area contributed by atoms with Gasteiger partial charge in [0.15, 0.2) is 0 Å². The minimum Gasteiger partial charge on any atom is -0.485 e. The molecule has 3 nitrogen and oxygen atoms in total. The van der Waals surface area contributed by atoms with Crippen molar-refractivity contribution in [1.29, 1.82) is 0 Å². The summed E-state index contributed by atoms with van der Waals surface area (Å²) in [5.41, 5.74) is 5.51. The molecule has 0 aliphatic carbocycles. The van der Waals surface area contributed by atoms with E-state index in [2.05, 4.69) is 20.9 Å². The molecule has 1 aromatic heterocycles. The molecule has 0 atom stereocenters. The lowest BCUT2D eigenvalue weighted by molar-refractivity contribution is 0.304. The zero-order valence-electron chi connectivity index (χ0n) is 7.81. The van der Waals surface area contributed by atoms with Crippen LogP contribution in [0.1, 0.15) is 5.01 Å². The molecule has 0 radical (unpaired) electrons. The van der Waals surface area contributed by atoms with Gasteiger partial charge in [0, 0.05) is 5.38 Å². The quantitative estimate of drug-likeness (QED) is 0.942. The van der Waals surface area contributed by atoms with Gasteiger partial charge in [0.05, 0.1) is 4.47 Å². The molecule has 78 valence electrons. The predicted molar refractivity (Wildman–Crippen MR) is 65.0 cm³/mol. The van der Waals surface area contributed by atoms with Crippen LogP contribution < -0.4 is 10.5 Å². The molecule has 0 aliphatic rings. The number of anilines is 1. The van der Waals surface area contributed by atoms with Crippen LogP contribution in [0.2, 0.25) is 0 Å². The Bertz CT molecular complexity index is 458. The molecule has 0 unspecified atom stereocenters. The molecule has 0 bridgehead atoms. The molecular weight excluding hydrogens is 276 g/mol. The van der Waals surface area contributed by atoms with E-state index in [1.165, 1.54) is 11.3 Å². The van der Waals surface area contributed by atoms with Crippen molar-refractivity contribution in [2.75, 3.05) is 5.73 Å². The number of rotatable bonds is 3. The first-order valence-corrected chi connectivity index (χ1v) is 6.00. The zero-order chi connectivity index (χ0) is 10.7. The summed E-state index contributed by atoms with van der Waals surface area (Å²) in [5, 5.41) is 2.68. The lowest BCUT2D eigenvalue weighted by Crippen LogP contribution is -1.95. The van der Waals surface area contributed by atoms with Crippen LogP contribution in [0.5, 0.6) is 5.75 Å². The van der Waals surface area contributed by atoms with Gasteiger partial charge in [0.25, 0.3) is 0 Å². The molecular formula is C10H9BrN2OS. The van der Waals surface area contributed by atoms with Crippen LogP contribution in [0.15, 0.2) is 34.1 Å². The second kappa shape index (κ2) is 4.63. The van der Waals surface area contributed by atoms with E-state index in [0.29, 0.717) is 12.4 Å². The van der Waals surface area contributed by atoms with E-state index >= 15 is 0 Å². The molecule has 0 spiro atoms. The molecule has 2 N–H and O–H groups in total. The Labute approximate surface area is 100 Å². The van der Waals surface area contributed by atoms with Crippen molar-refractivity contribution in [3.8, 4) is 5.75 Å². The van der Waals surface area contributed by atoms with Crippen molar-refractivity contribution < 1.29 is 4.74 Å². The summed E-state index contributed by atoms with van der Waals surface area (Å²) in [4.78, 5) is 4.11. The fourth-order valence-corrected chi connectivity index (χ4v) is 2.09. The van der Waals surface area contributed by atoms with E-state index in [4.69, 9.17) is 10.5 Å². The molecule has 5 heteroatoms. The molecule has 0 aliphatic heterocycles. The average Bonchev–Trinajstić information content (AvgIpc) is 2.63. The largest absolute Gasteiger partial charge is 0.485 e. The SMILES string of the molecule is Nc1csc(COc2ccccc2Br)n1. The van der Waals surface area contributed by atoms with E-state index in [-0.39, 0.29) is 0 Å². The molecule has 1 heterocycles. The van der Waals surface area contributed by atoms with E-state index in [1.54, 1.807) is 5.38 Å². The van der Waals surface area contributed by atoms with Crippen LogP contribution in [0.4, 0.5) is 5.82 Å². The monoisotopic (exact) mass is 284 g/mol. The van der Waals surface area contributed by atoms with E-state index < -0.39 is 0 Å². The number of benzene rings is 1. The average molecular weight is 285 g/mol. The van der Waals surface area contributed by atoms with Gasteiger partial charge < -0.3 is 10.5 Å². The number of aromatic nitrogens is 1. The maximum Gasteiger partial charge on any atom is 0.140 e. The van der Waals surface area contributed by atoms with Gasteiger partial charge in [-0.2, -0.15) is 0 Å². The number of halogens is 1. The normalized spacial score (nSPS) is 10.2. The second-order valence-electron chi connectivity index (χ2n) is 2.89. The number of nitrogens with zero attached hydrogens (tertiary/aromatic N) is 1. The van der Waals surface area contributed by atoms with E-state index in [9.17, 15) is 0 Å². The molecule has 0 fully saturated rings. The third-order valence-electron chi connectivity index (χ3n) is 1.76. The molecule has 0 saturated heterocycles. The number of nitrogens with two attached hydrogens (primary N) is 1. The van der Waals surface area contributed by atoms with Gasteiger partial charge >= 0.3 is 0 Å². The molecule has 15 heavy (non-hydrogen) atoms. The molecule has 0 amide bonds. The third-order valence-corrected chi connectivity index (χ3v) is 3.25. The number of hydrogen-bond acceptors (Lipinski definition) is 4. The fraction of sp³-hybridized carbons (Fsp3) is 0.100. The van der Waals surface area contributed by atoms with Gasteiger partial charge in [-0.15, -0.1) is 11.3 Å². The number of ether oxygens (including phenoxy) is 1. The standard InChI is InChI=1S/C10H9BrN2OS/c11-7-3-1-2-4-8(7)14-5-10-13-9(12)6-15-10/h1-4,6H,5,12H2. The van der Waals surface area contributed by atoms with Gasteiger partial charge in [-0.25, -0.2) is 4.98 Å². The summed E-state index contributed by atoms with van der Waals surface area (Å²) in [6, 6.07) is 7.71. The minimum atomic E-state index is 0.449. The Hall–Kier alpha value is -1.07. The van der Waals surface area contributed by atoms with Gasteiger partial charge in [-0.05, 0) is 28.1 Å². The van der Waals surface area contributed by atoms with E-state index in [1.807, 2.05) is 24.3 Å². The Balaban J connectivity index is 2.02. The van der Waals surface area contributed by atoms with Crippen molar-refractivity contribution in [2.45, 2.75) is 6.61 Å². The van der Waals surface area contributed by atoms with Crippen molar-refractivity contribution in [2.24, 2.45) is 0 Å². The highest BCUT2D eigenvalue weighted by molar-refractivity contribution is 9.10. The topological polar surface area (TPSA) is 48.1 Å². The van der Waals surface area contributed by atoms with Crippen molar-refractivity contribution in [3.63, 3.8) is 0 Å². The molecule has 1 aromatic carbocycles. The fourth-order valence-electron chi connectivity index (χ4n) is 1.09. The summed E-state index contributed by atoms with van der Waals surface area (Å²) in [6.07, 6.45) is 0. The highest BCUT2D eigenvalue weighted by atomic mass is 79.9. The first-order chi connectivity index (χ1) is 7.25. The number of nitrogen functional groups attached to an aromatic ring is 1. The van der Waals surface area contributed by atoms with Gasteiger partial charge in [-0.1, -0.05) is 12.1 Å². The first kappa shape index (κ1) is 10.4.